The van der Waals surface area contributed by atoms with E-state index in [1.165, 1.54) is 23.8 Å². The van der Waals surface area contributed by atoms with E-state index in [1.54, 1.807) is 0 Å². The van der Waals surface area contributed by atoms with Crippen LogP contribution in [0.2, 0.25) is 0 Å². The summed E-state index contributed by atoms with van der Waals surface area (Å²) in [4.78, 5) is 15.5. The lowest BCUT2D eigenvalue weighted by Crippen LogP contribution is -2.45. The molecule has 4 heteroatoms. The fourth-order valence-electron chi connectivity index (χ4n) is 3.28. The molecule has 0 bridgehead atoms. The first-order chi connectivity index (χ1) is 10.1. The molecule has 1 aromatic heterocycles. The lowest BCUT2D eigenvalue weighted by atomic mass is 9.90. The van der Waals surface area contributed by atoms with E-state index in [4.69, 9.17) is 4.74 Å². The zero-order valence-corrected chi connectivity index (χ0v) is 12.8. The minimum atomic E-state index is -0.259. The maximum absolute atomic E-state index is 12.0. The molecule has 4 nitrogen and oxygen atoms in total. The number of ether oxygens (including phenoxy) is 1. The van der Waals surface area contributed by atoms with Crippen LogP contribution in [0, 0.1) is 5.92 Å². The molecule has 3 rings (SSSR count). The van der Waals surface area contributed by atoms with Crippen molar-refractivity contribution < 1.29 is 9.53 Å². The van der Waals surface area contributed by atoms with Crippen molar-refractivity contribution in [3.05, 3.63) is 35.5 Å². The Labute approximate surface area is 124 Å². The van der Waals surface area contributed by atoms with Crippen LogP contribution in [-0.2, 0) is 16.0 Å². The van der Waals surface area contributed by atoms with E-state index < -0.39 is 0 Å². The number of fused-ring (bicyclic) bond motifs is 3. The Bertz CT molecular complexity index is 660. The fraction of sp³-hybridized carbons (Fsp3) is 0.471. The molecule has 0 unspecified atom stereocenters. The van der Waals surface area contributed by atoms with Crippen LogP contribution in [0.5, 0.6) is 0 Å². The Morgan fingerprint density at radius 3 is 2.86 bits per heavy atom. The lowest BCUT2D eigenvalue weighted by Gasteiger charge is -2.31. The zero-order valence-electron chi connectivity index (χ0n) is 12.8. The van der Waals surface area contributed by atoms with E-state index in [0.29, 0.717) is 12.3 Å². The number of para-hydroxylation sites is 1. The monoisotopic (exact) mass is 286 g/mol. The number of rotatable bonds is 3. The Hall–Kier alpha value is -1.81. The summed E-state index contributed by atoms with van der Waals surface area (Å²) in [5.74, 6) is 0.373. The molecule has 0 aliphatic carbocycles. The molecule has 2 heterocycles. The van der Waals surface area contributed by atoms with E-state index in [1.807, 2.05) is 12.1 Å². The van der Waals surface area contributed by atoms with Gasteiger partial charge in [-0.1, -0.05) is 32.0 Å². The molecule has 1 aliphatic heterocycles. The quantitative estimate of drug-likeness (QED) is 0.853. The van der Waals surface area contributed by atoms with Crippen LogP contribution in [0.4, 0.5) is 0 Å². The highest BCUT2D eigenvalue weighted by molar-refractivity contribution is 5.87. The van der Waals surface area contributed by atoms with Crippen LogP contribution in [0.15, 0.2) is 24.3 Å². The first kappa shape index (κ1) is 14.1. The third kappa shape index (κ3) is 2.56. The van der Waals surface area contributed by atoms with Crippen molar-refractivity contribution >= 4 is 16.9 Å². The van der Waals surface area contributed by atoms with Gasteiger partial charge in [0.25, 0.3) is 0 Å². The molecule has 0 spiro atoms. The van der Waals surface area contributed by atoms with Gasteiger partial charge in [0.05, 0.1) is 7.11 Å². The minimum Gasteiger partial charge on any atom is -0.468 e. The largest absolute Gasteiger partial charge is 0.468 e. The number of carbonyl (C=O) groups excluding carboxylic acids is 1. The molecule has 0 saturated heterocycles. The van der Waals surface area contributed by atoms with Gasteiger partial charge in [0.15, 0.2) is 0 Å². The molecule has 2 aromatic rings. The Morgan fingerprint density at radius 1 is 1.38 bits per heavy atom. The van der Waals surface area contributed by atoms with E-state index in [-0.39, 0.29) is 18.1 Å². The number of hydrogen-bond donors (Lipinski definition) is 2. The van der Waals surface area contributed by atoms with Crippen molar-refractivity contribution in [2.75, 3.05) is 7.11 Å². The van der Waals surface area contributed by atoms with Gasteiger partial charge in [0.1, 0.15) is 6.04 Å². The Morgan fingerprint density at radius 2 is 2.14 bits per heavy atom. The van der Waals surface area contributed by atoms with Crippen molar-refractivity contribution in [2.24, 2.45) is 5.92 Å². The zero-order chi connectivity index (χ0) is 15.0. The molecule has 0 fully saturated rings. The summed E-state index contributed by atoms with van der Waals surface area (Å²) in [6.07, 6.45) is 1.67. The van der Waals surface area contributed by atoms with Crippen LogP contribution in [0.3, 0.4) is 0 Å². The van der Waals surface area contributed by atoms with Crippen LogP contribution in [-0.4, -0.2) is 24.1 Å². The van der Waals surface area contributed by atoms with Gasteiger partial charge in [-0.2, -0.15) is 0 Å². The SMILES string of the molecule is COC(=O)[C@H]1Cc2c([nH]c3ccccc23)[C@H](CC(C)C)N1. The van der Waals surface area contributed by atoms with Gasteiger partial charge in [-0.05, 0) is 24.0 Å². The highest BCUT2D eigenvalue weighted by Gasteiger charge is 2.33. The van der Waals surface area contributed by atoms with Crippen molar-refractivity contribution in [1.82, 2.24) is 10.3 Å². The predicted octanol–water partition coefficient (Wildman–Crippen LogP) is 2.94. The Balaban J connectivity index is 2.05. The standard InChI is InChI=1S/C17H22N2O2/c1-10(2)8-14-16-12(9-15(18-14)17(20)21-3)11-6-4-5-7-13(11)19-16/h4-7,10,14-15,18-19H,8-9H2,1-3H3/t14-,15+/m0/s1. The second-order valence-corrected chi connectivity index (χ2v) is 6.19. The predicted molar refractivity (Wildman–Crippen MR) is 83.1 cm³/mol. The van der Waals surface area contributed by atoms with Crippen molar-refractivity contribution in [3.63, 3.8) is 0 Å². The number of benzene rings is 1. The Kier molecular flexibility index (Phi) is 3.72. The topological polar surface area (TPSA) is 54.1 Å². The van der Waals surface area contributed by atoms with E-state index in [2.05, 4.69) is 36.3 Å². The molecule has 2 N–H and O–H groups in total. The molecule has 0 saturated carbocycles. The van der Waals surface area contributed by atoms with E-state index in [0.717, 1.165) is 11.9 Å². The second-order valence-electron chi connectivity index (χ2n) is 6.19. The number of hydrogen-bond acceptors (Lipinski definition) is 3. The number of H-pyrrole nitrogens is 1. The lowest BCUT2D eigenvalue weighted by molar-refractivity contribution is -0.143. The summed E-state index contributed by atoms with van der Waals surface area (Å²) in [5.41, 5.74) is 3.62. The molecule has 1 aromatic carbocycles. The smallest absolute Gasteiger partial charge is 0.323 e. The molecule has 0 amide bonds. The first-order valence-electron chi connectivity index (χ1n) is 7.53. The van der Waals surface area contributed by atoms with Gasteiger partial charge in [-0.15, -0.1) is 0 Å². The molecule has 21 heavy (non-hydrogen) atoms. The number of nitrogens with one attached hydrogen (secondary N) is 2. The first-order valence-corrected chi connectivity index (χ1v) is 7.53. The van der Waals surface area contributed by atoms with Gasteiger partial charge >= 0.3 is 5.97 Å². The second kappa shape index (κ2) is 5.53. The van der Waals surface area contributed by atoms with E-state index >= 15 is 0 Å². The summed E-state index contributed by atoms with van der Waals surface area (Å²) in [5, 5.41) is 4.67. The van der Waals surface area contributed by atoms with Gasteiger partial charge in [-0.25, -0.2) is 0 Å². The van der Waals surface area contributed by atoms with Gasteiger partial charge in [-0.3, -0.25) is 10.1 Å². The highest BCUT2D eigenvalue weighted by Crippen LogP contribution is 2.34. The fourth-order valence-corrected chi connectivity index (χ4v) is 3.28. The summed E-state index contributed by atoms with van der Waals surface area (Å²) in [6.45, 7) is 4.40. The minimum absolute atomic E-state index is 0.172. The van der Waals surface area contributed by atoms with Gasteiger partial charge in [0.2, 0.25) is 0 Å². The molecule has 2 atom stereocenters. The molecular weight excluding hydrogens is 264 g/mol. The molecule has 0 radical (unpaired) electrons. The number of aromatic amines is 1. The van der Waals surface area contributed by atoms with Crippen LogP contribution in [0.25, 0.3) is 10.9 Å². The number of esters is 1. The third-order valence-corrected chi connectivity index (χ3v) is 4.20. The third-order valence-electron chi connectivity index (χ3n) is 4.20. The molecular formula is C17H22N2O2. The summed E-state index contributed by atoms with van der Waals surface area (Å²) in [7, 11) is 1.45. The number of aromatic nitrogens is 1. The van der Waals surface area contributed by atoms with Crippen LogP contribution < -0.4 is 5.32 Å². The number of methoxy groups -OCH3 is 1. The molecule has 112 valence electrons. The van der Waals surface area contributed by atoms with Crippen molar-refractivity contribution in [1.29, 1.82) is 0 Å². The molecule has 1 aliphatic rings. The van der Waals surface area contributed by atoms with Gasteiger partial charge < -0.3 is 9.72 Å². The van der Waals surface area contributed by atoms with Gasteiger partial charge in [0, 0.05) is 29.1 Å². The summed E-state index contributed by atoms with van der Waals surface area (Å²) in [6, 6.07) is 8.20. The van der Waals surface area contributed by atoms with Crippen molar-refractivity contribution in [2.45, 2.75) is 38.8 Å². The maximum Gasteiger partial charge on any atom is 0.323 e. The van der Waals surface area contributed by atoms with E-state index in [9.17, 15) is 4.79 Å². The summed E-state index contributed by atoms with van der Waals surface area (Å²) < 4.78 is 4.94. The highest BCUT2D eigenvalue weighted by atomic mass is 16.5. The summed E-state index contributed by atoms with van der Waals surface area (Å²) >= 11 is 0. The average Bonchev–Trinajstić information content (AvgIpc) is 2.85. The normalized spacial score (nSPS) is 21.5. The average molecular weight is 286 g/mol. The van der Waals surface area contributed by atoms with Crippen LogP contribution >= 0.6 is 0 Å². The maximum atomic E-state index is 12.0. The van der Waals surface area contributed by atoms with Crippen LogP contribution in [0.1, 0.15) is 37.6 Å². The number of carbonyl (C=O) groups is 1. The van der Waals surface area contributed by atoms with Crippen molar-refractivity contribution in [3.8, 4) is 0 Å².